The van der Waals surface area contributed by atoms with E-state index in [2.05, 4.69) is 187 Å². The third kappa shape index (κ3) is 5.56. The summed E-state index contributed by atoms with van der Waals surface area (Å²) in [4.78, 5) is 10.1. The predicted molar refractivity (Wildman–Crippen MR) is 221 cm³/mol. The van der Waals surface area contributed by atoms with Crippen LogP contribution in [-0.2, 0) is 0 Å². The van der Waals surface area contributed by atoms with E-state index >= 15 is 0 Å². The van der Waals surface area contributed by atoms with Gasteiger partial charge in [0.2, 0.25) is 0 Å². The van der Waals surface area contributed by atoms with Crippen molar-refractivity contribution in [2.45, 2.75) is 0 Å². The van der Waals surface area contributed by atoms with Crippen LogP contribution in [0.15, 0.2) is 200 Å². The molecule has 248 valence electrons. The van der Waals surface area contributed by atoms with Crippen LogP contribution in [0.25, 0.3) is 94.4 Å². The van der Waals surface area contributed by atoms with Gasteiger partial charge in [0.25, 0.3) is 0 Å². The highest BCUT2D eigenvalue weighted by Gasteiger charge is 2.14. The van der Waals surface area contributed by atoms with Crippen molar-refractivity contribution < 1.29 is 0 Å². The second-order valence-electron chi connectivity index (χ2n) is 13.4. The van der Waals surface area contributed by atoms with E-state index in [1.165, 1.54) is 49.3 Å². The minimum Gasteiger partial charge on any atom is -0.309 e. The maximum absolute atomic E-state index is 5.08. The Morgan fingerprint density at radius 1 is 0.321 bits per heavy atom. The summed E-state index contributed by atoms with van der Waals surface area (Å²) in [5.74, 6) is 0.709. The molecule has 0 amide bonds. The first-order chi connectivity index (χ1) is 26.3. The molecule has 0 saturated heterocycles. The summed E-state index contributed by atoms with van der Waals surface area (Å²) in [7, 11) is 0. The van der Waals surface area contributed by atoms with Gasteiger partial charge in [-0.3, -0.25) is 0 Å². The van der Waals surface area contributed by atoms with Crippen molar-refractivity contribution in [1.82, 2.24) is 14.5 Å². The molecule has 0 unspecified atom stereocenters. The van der Waals surface area contributed by atoms with Gasteiger partial charge in [0.05, 0.1) is 22.4 Å². The predicted octanol–water partition coefficient (Wildman–Crippen LogP) is 13.1. The van der Waals surface area contributed by atoms with Crippen LogP contribution in [-0.4, -0.2) is 14.5 Å². The topological polar surface area (TPSA) is 30.7 Å². The van der Waals surface area contributed by atoms with Gasteiger partial charge in [0.1, 0.15) is 0 Å². The molecule has 0 N–H and O–H groups in total. The molecule has 53 heavy (non-hydrogen) atoms. The fourth-order valence-corrected chi connectivity index (χ4v) is 7.59. The molecule has 0 aliphatic carbocycles. The Balaban J connectivity index is 0.984. The molecule has 0 bridgehead atoms. The molecule has 0 aliphatic rings. The second kappa shape index (κ2) is 12.9. The van der Waals surface area contributed by atoms with Crippen molar-refractivity contribution in [1.29, 1.82) is 0 Å². The summed E-state index contributed by atoms with van der Waals surface area (Å²) < 4.78 is 2.35. The second-order valence-corrected chi connectivity index (χ2v) is 13.4. The Bertz CT molecular complexity index is 2850. The van der Waals surface area contributed by atoms with Gasteiger partial charge in [-0.2, -0.15) is 0 Å². The SMILES string of the molecule is c1ccc(-c2nc(-c3ccc(-c4ccc(-n5c6ccccc6c6ccccc65)cc4)cc3)cc(-c3ccc(-c4cccc5ccccc45)cc3)n2)cc1. The lowest BCUT2D eigenvalue weighted by Crippen LogP contribution is -1.96. The molecule has 8 aromatic carbocycles. The van der Waals surface area contributed by atoms with Crippen molar-refractivity contribution >= 4 is 32.6 Å². The monoisotopic (exact) mass is 675 g/mol. The Morgan fingerprint density at radius 2 is 0.792 bits per heavy atom. The summed E-state index contributed by atoms with van der Waals surface area (Å²) in [5, 5.41) is 5.03. The Morgan fingerprint density at radius 3 is 1.42 bits per heavy atom. The molecule has 2 heterocycles. The van der Waals surface area contributed by atoms with Crippen molar-refractivity contribution in [3.05, 3.63) is 200 Å². The van der Waals surface area contributed by atoms with Crippen LogP contribution in [0.1, 0.15) is 0 Å². The summed E-state index contributed by atoms with van der Waals surface area (Å²) in [5.41, 5.74) is 13.2. The number of hydrogen-bond acceptors (Lipinski definition) is 2. The van der Waals surface area contributed by atoms with Crippen LogP contribution >= 0.6 is 0 Å². The molecule has 2 aromatic heterocycles. The van der Waals surface area contributed by atoms with Crippen LogP contribution in [0.5, 0.6) is 0 Å². The first kappa shape index (κ1) is 30.7. The third-order valence-electron chi connectivity index (χ3n) is 10.3. The van der Waals surface area contributed by atoms with Crippen LogP contribution in [0.4, 0.5) is 0 Å². The molecule has 0 saturated carbocycles. The number of aromatic nitrogens is 3. The molecule has 0 radical (unpaired) electrons. The van der Waals surface area contributed by atoms with Crippen LogP contribution in [0, 0.1) is 0 Å². The van der Waals surface area contributed by atoms with Gasteiger partial charge in [-0.1, -0.05) is 170 Å². The molecule has 10 aromatic rings. The zero-order valence-corrected chi connectivity index (χ0v) is 28.9. The molecule has 3 nitrogen and oxygen atoms in total. The minimum absolute atomic E-state index is 0.709. The number of benzene rings is 8. The van der Waals surface area contributed by atoms with Crippen molar-refractivity contribution in [2.75, 3.05) is 0 Å². The molecule has 10 rings (SSSR count). The van der Waals surface area contributed by atoms with Gasteiger partial charge in [-0.15, -0.1) is 0 Å². The quantitative estimate of drug-likeness (QED) is 0.176. The summed E-state index contributed by atoms with van der Waals surface area (Å²) in [6.45, 7) is 0. The Hall–Kier alpha value is -7.10. The molecular weight excluding hydrogens is 643 g/mol. The van der Waals surface area contributed by atoms with E-state index in [4.69, 9.17) is 9.97 Å². The Kier molecular flexibility index (Phi) is 7.47. The van der Waals surface area contributed by atoms with Gasteiger partial charge in [-0.25, -0.2) is 9.97 Å². The highest BCUT2D eigenvalue weighted by atomic mass is 15.0. The number of fused-ring (bicyclic) bond motifs is 4. The number of rotatable bonds is 6. The number of para-hydroxylation sites is 2. The summed E-state index contributed by atoms with van der Waals surface area (Å²) in [6.07, 6.45) is 0. The van der Waals surface area contributed by atoms with Gasteiger partial charge < -0.3 is 4.57 Å². The summed E-state index contributed by atoms with van der Waals surface area (Å²) in [6, 6.07) is 70.9. The van der Waals surface area contributed by atoms with E-state index in [9.17, 15) is 0 Å². The van der Waals surface area contributed by atoms with Crippen molar-refractivity contribution in [3.63, 3.8) is 0 Å². The standard InChI is InChI=1S/C50H33N3/c1-2-12-40(13-3-1)50-51-46(33-47(52-50)39-27-23-37(24-28-39)43-18-10-14-36-11-4-5-15-42(36)43)38-25-21-34(22-26-38)35-29-31-41(32-30-35)53-48-19-8-6-16-44(48)45-17-7-9-20-49(45)53/h1-33H. The number of hydrogen-bond donors (Lipinski definition) is 0. The van der Waals surface area contributed by atoms with Crippen LogP contribution < -0.4 is 0 Å². The average Bonchev–Trinajstić information content (AvgIpc) is 3.58. The van der Waals surface area contributed by atoms with E-state index in [0.29, 0.717) is 5.82 Å². The van der Waals surface area contributed by atoms with Gasteiger partial charge in [0.15, 0.2) is 5.82 Å². The zero-order chi connectivity index (χ0) is 35.1. The van der Waals surface area contributed by atoms with Crippen molar-refractivity contribution in [2.24, 2.45) is 0 Å². The average molecular weight is 676 g/mol. The summed E-state index contributed by atoms with van der Waals surface area (Å²) >= 11 is 0. The van der Waals surface area contributed by atoms with Crippen LogP contribution in [0.2, 0.25) is 0 Å². The maximum Gasteiger partial charge on any atom is 0.160 e. The number of nitrogens with zero attached hydrogens (tertiary/aromatic N) is 3. The van der Waals surface area contributed by atoms with E-state index in [1.54, 1.807) is 0 Å². The van der Waals surface area contributed by atoms with E-state index in [0.717, 1.165) is 39.3 Å². The fourth-order valence-electron chi connectivity index (χ4n) is 7.59. The van der Waals surface area contributed by atoms with E-state index in [1.807, 2.05) is 18.2 Å². The molecule has 0 atom stereocenters. The first-order valence-electron chi connectivity index (χ1n) is 18.0. The van der Waals surface area contributed by atoms with Gasteiger partial charge in [-0.05, 0) is 63.4 Å². The molecule has 0 spiro atoms. The smallest absolute Gasteiger partial charge is 0.160 e. The van der Waals surface area contributed by atoms with Crippen molar-refractivity contribution in [3.8, 4) is 61.8 Å². The molecule has 3 heteroatoms. The largest absolute Gasteiger partial charge is 0.309 e. The van der Waals surface area contributed by atoms with E-state index < -0.39 is 0 Å². The highest BCUT2D eigenvalue weighted by Crippen LogP contribution is 2.35. The first-order valence-corrected chi connectivity index (χ1v) is 18.0. The highest BCUT2D eigenvalue weighted by molar-refractivity contribution is 6.09. The van der Waals surface area contributed by atoms with Gasteiger partial charge in [0, 0.05) is 33.2 Å². The molecule has 0 aliphatic heterocycles. The fraction of sp³-hybridized carbons (Fsp3) is 0. The lowest BCUT2D eigenvalue weighted by molar-refractivity contribution is 1.18. The normalized spacial score (nSPS) is 11.4. The maximum atomic E-state index is 5.08. The van der Waals surface area contributed by atoms with Gasteiger partial charge >= 0.3 is 0 Å². The minimum atomic E-state index is 0.709. The lowest BCUT2D eigenvalue weighted by atomic mass is 9.97. The Labute approximate surface area is 308 Å². The third-order valence-corrected chi connectivity index (χ3v) is 10.3. The zero-order valence-electron chi connectivity index (χ0n) is 28.9. The van der Waals surface area contributed by atoms with E-state index in [-0.39, 0.29) is 0 Å². The molecule has 0 fully saturated rings. The van der Waals surface area contributed by atoms with Crippen LogP contribution in [0.3, 0.4) is 0 Å². The lowest BCUT2D eigenvalue weighted by Gasteiger charge is -2.12. The molecular formula is C50H33N3.